The van der Waals surface area contributed by atoms with Crippen LogP contribution >= 0.6 is 11.6 Å². The monoisotopic (exact) mass is 118 g/mol. The van der Waals surface area contributed by atoms with Crippen molar-refractivity contribution in [2.75, 3.05) is 6.38 Å². The Hall–Kier alpha value is 0.145. The van der Waals surface area contributed by atoms with Gasteiger partial charge < -0.3 is 0 Å². The first-order valence-electron chi connectivity index (χ1n) is 1.03. The fraction of sp³-hybridized carbons (Fsp3) is 1.00. The number of rotatable bonds is 0. The number of alkyl halides is 1. The molecule has 38 valence electrons. The molecule has 0 fully saturated rings. The van der Waals surface area contributed by atoms with Crippen molar-refractivity contribution in [3.63, 3.8) is 0 Å². The minimum absolute atomic E-state index is 1.47. The van der Waals surface area contributed by atoms with Gasteiger partial charge in [-0.25, -0.2) is 0 Å². The van der Waals surface area contributed by atoms with Crippen LogP contribution in [0.4, 0.5) is 12.9 Å². The lowest BCUT2D eigenvalue weighted by Gasteiger charge is -1.55. The summed E-state index contributed by atoms with van der Waals surface area (Å²) in [7, 11) is -3.67. The third kappa shape index (κ3) is 1950. The van der Waals surface area contributed by atoms with Crippen LogP contribution in [0.15, 0.2) is 0 Å². The molecule has 6 heavy (non-hydrogen) atoms. The van der Waals surface area contributed by atoms with Crippen molar-refractivity contribution < 1.29 is 12.9 Å². The molecule has 5 heteroatoms. The lowest BCUT2D eigenvalue weighted by molar-refractivity contribution is 0.535. The zero-order valence-corrected chi connectivity index (χ0v) is 3.85. The first-order chi connectivity index (χ1) is 2.73. The van der Waals surface area contributed by atoms with Crippen molar-refractivity contribution in [2.24, 2.45) is 0 Å². The zero-order valence-electron chi connectivity index (χ0n) is 3.09. The van der Waals surface area contributed by atoms with Crippen molar-refractivity contribution in [1.82, 2.24) is 0 Å². The van der Waals surface area contributed by atoms with Crippen LogP contribution in [-0.2, 0) is 0 Å². The molecule has 0 heterocycles. The van der Waals surface area contributed by atoms with E-state index in [1.54, 1.807) is 0 Å². The van der Waals surface area contributed by atoms with Gasteiger partial charge in [-0.2, -0.15) is 0 Å². The molecule has 0 N–H and O–H groups in total. The van der Waals surface area contributed by atoms with Gasteiger partial charge in [0.1, 0.15) is 0 Å². The van der Waals surface area contributed by atoms with Gasteiger partial charge in [-0.05, 0) is 0 Å². The molecule has 0 amide bonds. The molecular formula is CH3BClF3. The lowest BCUT2D eigenvalue weighted by atomic mass is 10.5. The lowest BCUT2D eigenvalue weighted by Crippen LogP contribution is -1.76. The topological polar surface area (TPSA) is 0 Å². The van der Waals surface area contributed by atoms with Gasteiger partial charge in [0.15, 0.2) is 0 Å². The van der Waals surface area contributed by atoms with E-state index in [4.69, 9.17) is 0 Å². The third-order valence-corrected chi connectivity index (χ3v) is 0. The van der Waals surface area contributed by atoms with Gasteiger partial charge in [-0.1, -0.05) is 0 Å². The minimum atomic E-state index is -3.67. The molecule has 0 aliphatic carbocycles. The van der Waals surface area contributed by atoms with Crippen LogP contribution in [0.2, 0.25) is 0 Å². The number of hydrogen-bond donors (Lipinski definition) is 0. The Morgan fingerprint density at radius 2 is 1.17 bits per heavy atom. The smallest absolute Gasteiger partial charge is 0.254 e. The Bertz CT molecular complexity index is 15.5. The Morgan fingerprint density at radius 1 is 1.17 bits per heavy atom. The van der Waals surface area contributed by atoms with Crippen LogP contribution in [0.1, 0.15) is 0 Å². The molecule has 0 aliphatic rings. The van der Waals surface area contributed by atoms with E-state index in [1.165, 1.54) is 6.38 Å². The van der Waals surface area contributed by atoms with Crippen LogP contribution in [0, 0.1) is 0 Å². The zero-order chi connectivity index (χ0) is 5.58. The van der Waals surface area contributed by atoms with Crippen molar-refractivity contribution in [1.29, 1.82) is 0 Å². The van der Waals surface area contributed by atoms with Gasteiger partial charge in [0.2, 0.25) is 0 Å². The fourth-order valence-corrected chi connectivity index (χ4v) is 0. The van der Waals surface area contributed by atoms with E-state index in [9.17, 15) is 12.9 Å². The van der Waals surface area contributed by atoms with Crippen molar-refractivity contribution in [3.05, 3.63) is 0 Å². The maximum Gasteiger partial charge on any atom is 0.762 e. The van der Waals surface area contributed by atoms with Crippen LogP contribution < -0.4 is 0 Å². The van der Waals surface area contributed by atoms with E-state index in [0.29, 0.717) is 0 Å². The van der Waals surface area contributed by atoms with Crippen molar-refractivity contribution in [3.8, 4) is 0 Å². The highest BCUT2D eigenvalue weighted by atomic mass is 35.5. The van der Waals surface area contributed by atoms with Gasteiger partial charge in [-0.3, -0.25) is 12.9 Å². The summed E-state index contributed by atoms with van der Waals surface area (Å²) in [6.07, 6.45) is 1.47. The molecule has 0 radical (unpaired) electrons. The first-order valence-corrected chi connectivity index (χ1v) is 1.79. The van der Waals surface area contributed by atoms with E-state index < -0.39 is 7.54 Å². The van der Waals surface area contributed by atoms with Crippen molar-refractivity contribution >= 4 is 19.1 Å². The molecule has 0 saturated carbocycles. The average molecular weight is 118 g/mol. The van der Waals surface area contributed by atoms with E-state index in [1.807, 2.05) is 0 Å². The summed E-state index contributed by atoms with van der Waals surface area (Å²) in [5, 5.41) is 0. The first kappa shape index (κ1) is 9.47. The summed E-state index contributed by atoms with van der Waals surface area (Å²) < 4.78 is 29.0. The molecular weight excluding hydrogens is 115 g/mol. The molecule has 0 aromatic carbocycles. The Balaban J connectivity index is 0. The summed E-state index contributed by atoms with van der Waals surface area (Å²) in [5.74, 6) is 0. The molecule has 0 aromatic heterocycles. The molecule has 0 unspecified atom stereocenters. The summed E-state index contributed by atoms with van der Waals surface area (Å²) in [6.45, 7) is 0. The molecule has 0 nitrogen and oxygen atoms in total. The van der Waals surface area contributed by atoms with Gasteiger partial charge >= 0.3 is 7.54 Å². The van der Waals surface area contributed by atoms with Crippen molar-refractivity contribution in [2.45, 2.75) is 0 Å². The fourth-order valence-electron chi connectivity index (χ4n) is 0. The second kappa shape index (κ2) is 8.94. The average Bonchev–Trinajstić information content (AvgIpc) is 1.41. The molecule has 0 atom stereocenters. The normalized spacial score (nSPS) is 5.50. The van der Waals surface area contributed by atoms with E-state index >= 15 is 0 Å². The summed E-state index contributed by atoms with van der Waals surface area (Å²) >= 11 is 4.64. The minimum Gasteiger partial charge on any atom is -0.254 e. The van der Waals surface area contributed by atoms with E-state index in [2.05, 4.69) is 11.6 Å². The maximum absolute atomic E-state index is 9.67. The summed E-state index contributed by atoms with van der Waals surface area (Å²) in [5.41, 5.74) is 0. The standard InChI is InChI=1S/CH3Cl.BF3/c1-2;2-1(3)4/h1H3;. The Kier molecular flexibility index (Phi) is 14.1. The number of hydrogen-bond acceptors (Lipinski definition) is 0. The highest BCUT2D eigenvalue weighted by Crippen LogP contribution is 1.80. The summed E-state index contributed by atoms with van der Waals surface area (Å²) in [6, 6.07) is 0. The van der Waals surface area contributed by atoms with Gasteiger partial charge in [-0.15, -0.1) is 11.6 Å². The van der Waals surface area contributed by atoms with Gasteiger partial charge in [0.05, 0.1) is 0 Å². The van der Waals surface area contributed by atoms with Crippen LogP contribution in [0.3, 0.4) is 0 Å². The molecule has 0 aromatic rings. The SMILES string of the molecule is CCl.FB(F)F. The molecule has 0 aliphatic heterocycles. The summed E-state index contributed by atoms with van der Waals surface area (Å²) in [4.78, 5) is 0. The molecule has 0 bridgehead atoms. The van der Waals surface area contributed by atoms with Crippen LogP contribution in [0.25, 0.3) is 0 Å². The van der Waals surface area contributed by atoms with E-state index in [-0.39, 0.29) is 0 Å². The Labute approximate surface area is 39.5 Å². The third-order valence-electron chi connectivity index (χ3n) is 0. The van der Waals surface area contributed by atoms with Crippen LogP contribution in [-0.4, -0.2) is 13.9 Å². The van der Waals surface area contributed by atoms with E-state index in [0.717, 1.165) is 0 Å². The van der Waals surface area contributed by atoms with Gasteiger partial charge in [0, 0.05) is 6.38 Å². The second-order valence-electron chi connectivity index (χ2n) is 0.247. The van der Waals surface area contributed by atoms with Crippen LogP contribution in [0.5, 0.6) is 0 Å². The predicted octanol–water partition coefficient (Wildman–Crippen LogP) is 1.73. The molecule has 0 spiro atoms. The highest BCUT2D eigenvalue weighted by molar-refractivity contribution is 6.33. The van der Waals surface area contributed by atoms with Gasteiger partial charge in [0.25, 0.3) is 0 Å². The quantitative estimate of drug-likeness (QED) is 0.336. The largest absolute Gasteiger partial charge is 0.762 e. The second-order valence-corrected chi connectivity index (χ2v) is 0.247. The number of halogens is 4. The maximum atomic E-state index is 9.67. The predicted molar refractivity (Wildman–Crippen MR) is 20.9 cm³/mol. The molecule has 0 rings (SSSR count). The Morgan fingerprint density at radius 3 is 1.17 bits per heavy atom. The molecule has 0 saturated heterocycles. The highest BCUT2D eigenvalue weighted by Gasteiger charge is 2.06.